The van der Waals surface area contributed by atoms with Crippen molar-refractivity contribution in [2.75, 3.05) is 6.61 Å². The number of carbonyl (C=O) groups excluding carboxylic acids is 2. The van der Waals surface area contributed by atoms with E-state index in [-0.39, 0.29) is 11.8 Å². The maximum Gasteiger partial charge on any atom is 0.305 e. The van der Waals surface area contributed by atoms with Gasteiger partial charge in [0.15, 0.2) is 5.78 Å². The lowest BCUT2D eigenvalue weighted by Crippen LogP contribution is -2.06. The highest BCUT2D eigenvalue weighted by Gasteiger charge is 2.17. The molecule has 0 N–H and O–H groups in total. The Morgan fingerprint density at radius 1 is 1.11 bits per heavy atom. The molecule has 0 saturated heterocycles. The summed E-state index contributed by atoms with van der Waals surface area (Å²) in [6.45, 7) is 2.84. The van der Waals surface area contributed by atoms with E-state index in [9.17, 15) is 9.59 Å². The molecule has 1 aromatic heterocycles. The number of ether oxygens (including phenoxy) is 1. The van der Waals surface area contributed by atoms with Crippen molar-refractivity contribution in [1.29, 1.82) is 0 Å². The molecule has 0 aliphatic rings. The molecule has 3 rings (SSSR count). The Labute approximate surface area is 163 Å². The Morgan fingerprint density at radius 2 is 1.93 bits per heavy atom. The van der Waals surface area contributed by atoms with Gasteiger partial charge in [-0.15, -0.1) is 11.6 Å². The number of aromatic nitrogens is 1. The van der Waals surface area contributed by atoms with Gasteiger partial charge < -0.3 is 9.30 Å². The second-order valence-corrected chi connectivity index (χ2v) is 6.59. The molecule has 5 heteroatoms. The van der Waals surface area contributed by atoms with Crippen molar-refractivity contribution >= 4 is 34.3 Å². The van der Waals surface area contributed by atoms with Crippen LogP contribution in [0.2, 0.25) is 0 Å². The molecule has 0 saturated carbocycles. The standard InChI is InChI=1S/C22H22ClNO3/c1-2-27-21(25)11-6-12-24-15-19(18-9-3-4-10-20(18)24)22(26)17-8-5-7-16(13-17)14-23/h3-5,7-10,13,15H,2,6,11-12,14H2,1H3. The number of rotatable bonds is 8. The zero-order chi connectivity index (χ0) is 19.2. The van der Waals surface area contributed by atoms with Crippen LogP contribution < -0.4 is 0 Å². The van der Waals surface area contributed by atoms with Gasteiger partial charge in [0.05, 0.1) is 6.61 Å². The Bertz CT molecular complexity index is 961. The Hall–Kier alpha value is -2.59. The van der Waals surface area contributed by atoms with Crippen LogP contribution >= 0.6 is 11.6 Å². The zero-order valence-corrected chi connectivity index (χ0v) is 16.0. The first kappa shape index (κ1) is 19.2. The van der Waals surface area contributed by atoms with Crippen molar-refractivity contribution in [2.24, 2.45) is 0 Å². The van der Waals surface area contributed by atoms with Crippen molar-refractivity contribution in [1.82, 2.24) is 4.57 Å². The molecule has 0 spiro atoms. The number of carbonyl (C=O) groups is 2. The number of halogens is 1. The average molecular weight is 384 g/mol. The minimum absolute atomic E-state index is 0.0256. The normalized spacial score (nSPS) is 10.9. The molecule has 0 aliphatic heterocycles. The number of benzene rings is 2. The number of hydrogen-bond acceptors (Lipinski definition) is 3. The van der Waals surface area contributed by atoms with E-state index >= 15 is 0 Å². The predicted molar refractivity (Wildman–Crippen MR) is 107 cm³/mol. The highest BCUT2D eigenvalue weighted by atomic mass is 35.5. The first-order chi connectivity index (χ1) is 13.1. The van der Waals surface area contributed by atoms with Gasteiger partial charge in [-0.2, -0.15) is 0 Å². The highest BCUT2D eigenvalue weighted by molar-refractivity contribution is 6.18. The maximum absolute atomic E-state index is 13.1. The van der Waals surface area contributed by atoms with Gasteiger partial charge in [-0.25, -0.2) is 0 Å². The van der Waals surface area contributed by atoms with Crippen molar-refractivity contribution in [3.63, 3.8) is 0 Å². The number of ketones is 1. The fraction of sp³-hybridized carbons (Fsp3) is 0.273. The largest absolute Gasteiger partial charge is 0.466 e. The zero-order valence-electron chi connectivity index (χ0n) is 15.3. The summed E-state index contributed by atoms with van der Waals surface area (Å²) in [5, 5.41) is 0.912. The van der Waals surface area contributed by atoms with E-state index in [1.54, 1.807) is 6.92 Å². The second kappa shape index (κ2) is 8.87. The van der Waals surface area contributed by atoms with Crippen LogP contribution in [-0.2, 0) is 22.0 Å². The van der Waals surface area contributed by atoms with Gasteiger partial charge >= 0.3 is 5.97 Å². The molecule has 140 valence electrons. The number of hydrogen-bond donors (Lipinski definition) is 0. The molecule has 0 bridgehead atoms. The van der Waals surface area contributed by atoms with E-state index in [2.05, 4.69) is 0 Å². The van der Waals surface area contributed by atoms with Gasteiger partial charge in [-0.1, -0.05) is 36.4 Å². The van der Waals surface area contributed by atoms with Crippen molar-refractivity contribution < 1.29 is 14.3 Å². The fourth-order valence-electron chi connectivity index (χ4n) is 3.19. The molecule has 4 nitrogen and oxygen atoms in total. The van der Waals surface area contributed by atoms with Crippen LogP contribution in [0.4, 0.5) is 0 Å². The van der Waals surface area contributed by atoms with Crippen LogP contribution in [0.1, 0.15) is 41.3 Å². The maximum atomic E-state index is 13.1. The second-order valence-electron chi connectivity index (χ2n) is 6.33. The topological polar surface area (TPSA) is 48.3 Å². The SMILES string of the molecule is CCOC(=O)CCCn1cc(C(=O)c2cccc(CCl)c2)c2ccccc21. The van der Waals surface area contributed by atoms with E-state index in [1.165, 1.54) is 0 Å². The molecule has 0 fully saturated rings. The lowest BCUT2D eigenvalue weighted by Gasteiger charge is -2.05. The van der Waals surface area contributed by atoms with E-state index in [0.717, 1.165) is 16.5 Å². The summed E-state index contributed by atoms with van der Waals surface area (Å²) < 4.78 is 7.01. The number of alkyl halides is 1. The smallest absolute Gasteiger partial charge is 0.305 e. The molecule has 0 aliphatic carbocycles. The molecule has 1 heterocycles. The number of esters is 1. The summed E-state index contributed by atoms with van der Waals surface area (Å²) >= 11 is 5.90. The highest BCUT2D eigenvalue weighted by Crippen LogP contribution is 2.25. The van der Waals surface area contributed by atoms with E-state index in [1.807, 2.05) is 59.3 Å². The van der Waals surface area contributed by atoms with Crippen LogP contribution in [0, 0.1) is 0 Å². The molecular weight excluding hydrogens is 362 g/mol. The summed E-state index contributed by atoms with van der Waals surface area (Å²) in [5.41, 5.74) is 3.19. The minimum atomic E-state index is -0.192. The molecule has 2 aromatic carbocycles. The fourth-order valence-corrected chi connectivity index (χ4v) is 3.36. The van der Waals surface area contributed by atoms with E-state index < -0.39 is 0 Å². The lowest BCUT2D eigenvalue weighted by molar-refractivity contribution is -0.143. The molecular formula is C22H22ClNO3. The van der Waals surface area contributed by atoms with Gasteiger partial charge in [-0.3, -0.25) is 9.59 Å². The van der Waals surface area contributed by atoms with E-state index in [4.69, 9.17) is 16.3 Å². The summed E-state index contributed by atoms with van der Waals surface area (Å²) in [6.07, 6.45) is 2.90. The Kier molecular flexibility index (Phi) is 6.30. The monoisotopic (exact) mass is 383 g/mol. The molecule has 0 amide bonds. The number of nitrogens with zero attached hydrogens (tertiary/aromatic N) is 1. The van der Waals surface area contributed by atoms with Gasteiger partial charge in [0.25, 0.3) is 0 Å². The van der Waals surface area contributed by atoms with E-state index in [0.29, 0.717) is 43.0 Å². The first-order valence-electron chi connectivity index (χ1n) is 9.07. The predicted octanol–water partition coefficient (Wildman–Crippen LogP) is 4.95. The van der Waals surface area contributed by atoms with Crippen LogP contribution in [0.5, 0.6) is 0 Å². The molecule has 3 aromatic rings. The summed E-state index contributed by atoms with van der Waals surface area (Å²) in [6, 6.07) is 15.2. The van der Waals surface area contributed by atoms with Crippen LogP contribution in [0.25, 0.3) is 10.9 Å². The summed E-state index contributed by atoms with van der Waals surface area (Å²) in [5.74, 6) is 0.155. The molecule has 27 heavy (non-hydrogen) atoms. The quantitative estimate of drug-likeness (QED) is 0.314. The Morgan fingerprint density at radius 3 is 2.70 bits per heavy atom. The average Bonchev–Trinajstić information content (AvgIpc) is 3.06. The third-order valence-electron chi connectivity index (χ3n) is 4.46. The first-order valence-corrected chi connectivity index (χ1v) is 9.60. The summed E-state index contributed by atoms with van der Waals surface area (Å²) in [4.78, 5) is 24.6. The molecule has 0 unspecified atom stereocenters. The summed E-state index contributed by atoms with van der Waals surface area (Å²) in [7, 11) is 0. The van der Waals surface area contributed by atoms with Gasteiger partial charge in [0.1, 0.15) is 0 Å². The van der Waals surface area contributed by atoms with Crippen LogP contribution in [0.3, 0.4) is 0 Å². The number of aryl methyl sites for hydroxylation is 1. The third-order valence-corrected chi connectivity index (χ3v) is 4.77. The number of para-hydroxylation sites is 1. The molecule has 0 atom stereocenters. The lowest BCUT2D eigenvalue weighted by atomic mass is 10.0. The van der Waals surface area contributed by atoms with Gasteiger partial charge in [0, 0.05) is 47.1 Å². The van der Waals surface area contributed by atoms with Crippen molar-refractivity contribution in [3.8, 4) is 0 Å². The van der Waals surface area contributed by atoms with Crippen LogP contribution in [-0.4, -0.2) is 22.9 Å². The van der Waals surface area contributed by atoms with Crippen molar-refractivity contribution in [2.45, 2.75) is 32.2 Å². The third kappa shape index (κ3) is 4.40. The Balaban J connectivity index is 1.87. The van der Waals surface area contributed by atoms with Gasteiger partial charge in [0.2, 0.25) is 0 Å². The number of fused-ring (bicyclic) bond motifs is 1. The minimum Gasteiger partial charge on any atom is -0.466 e. The van der Waals surface area contributed by atoms with Crippen molar-refractivity contribution in [3.05, 3.63) is 71.4 Å². The van der Waals surface area contributed by atoms with Gasteiger partial charge in [-0.05, 0) is 31.0 Å². The van der Waals surface area contributed by atoms with Crippen LogP contribution in [0.15, 0.2) is 54.7 Å². The molecule has 0 radical (unpaired) electrons.